The molecule has 0 fully saturated rings. The van der Waals surface area contributed by atoms with E-state index in [2.05, 4.69) is 0 Å². The number of benzene rings is 2. The average molecular weight is 335 g/mol. The van der Waals surface area contributed by atoms with Gasteiger partial charge in [-0.15, -0.1) is 0 Å². The molecule has 0 N–H and O–H groups in total. The smallest absolute Gasteiger partial charge is 0.156 e. The van der Waals surface area contributed by atoms with Gasteiger partial charge in [-0.2, -0.15) is 0 Å². The number of carbonyl (C=O) groups excluding carboxylic acids is 1. The van der Waals surface area contributed by atoms with Gasteiger partial charge < -0.3 is 4.55 Å². The van der Waals surface area contributed by atoms with Crippen LogP contribution in [0, 0.1) is 6.92 Å². The Morgan fingerprint density at radius 1 is 0.957 bits per heavy atom. The third-order valence-electron chi connectivity index (χ3n) is 3.10. The predicted octanol–water partition coefficient (Wildman–Crippen LogP) is 2.59. The van der Waals surface area contributed by atoms with Gasteiger partial charge in [-0.1, -0.05) is 29.8 Å². The summed E-state index contributed by atoms with van der Waals surface area (Å²) >= 11 is 0. The molecule has 5 nitrogen and oxygen atoms in total. The molecule has 0 aromatic heterocycles. The van der Waals surface area contributed by atoms with Crippen molar-refractivity contribution < 1.29 is 17.8 Å². The van der Waals surface area contributed by atoms with Crippen molar-refractivity contribution in [3.8, 4) is 0 Å². The van der Waals surface area contributed by atoms with E-state index in [9.17, 15) is 17.8 Å². The number of quaternary nitrogens is 1. The SMILES string of the molecule is C[N+](C)(C)c1ccccc1C=O.Cc1ccc(S(=O)(=O)[O-])cc1. The summed E-state index contributed by atoms with van der Waals surface area (Å²) in [5, 5.41) is 0. The van der Waals surface area contributed by atoms with E-state index in [-0.39, 0.29) is 4.90 Å². The van der Waals surface area contributed by atoms with E-state index in [1.165, 1.54) is 12.1 Å². The van der Waals surface area contributed by atoms with Gasteiger partial charge >= 0.3 is 0 Å². The van der Waals surface area contributed by atoms with E-state index < -0.39 is 10.1 Å². The van der Waals surface area contributed by atoms with E-state index in [0.29, 0.717) is 4.48 Å². The maximum Gasteiger partial charge on any atom is 0.156 e. The van der Waals surface area contributed by atoms with E-state index >= 15 is 0 Å². The van der Waals surface area contributed by atoms with Crippen LogP contribution in [0.2, 0.25) is 0 Å². The number of aryl methyl sites for hydroxylation is 1. The van der Waals surface area contributed by atoms with Crippen LogP contribution < -0.4 is 4.48 Å². The lowest BCUT2D eigenvalue weighted by molar-refractivity contribution is 0.112. The number of rotatable bonds is 3. The van der Waals surface area contributed by atoms with E-state index in [4.69, 9.17) is 0 Å². The van der Waals surface area contributed by atoms with Crippen molar-refractivity contribution >= 4 is 22.1 Å². The largest absolute Gasteiger partial charge is 0.744 e. The van der Waals surface area contributed by atoms with Gasteiger partial charge in [0.05, 0.1) is 31.6 Å². The highest BCUT2D eigenvalue weighted by atomic mass is 32.2. The zero-order chi connectivity index (χ0) is 17.7. The van der Waals surface area contributed by atoms with E-state index in [0.717, 1.165) is 23.1 Å². The van der Waals surface area contributed by atoms with Gasteiger partial charge in [-0.25, -0.2) is 8.42 Å². The zero-order valence-corrected chi connectivity index (χ0v) is 14.5. The highest BCUT2D eigenvalue weighted by molar-refractivity contribution is 7.85. The van der Waals surface area contributed by atoms with Gasteiger partial charge in [-0.3, -0.25) is 9.28 Å². The number of hydrogen-bond acceptors (Lipinski definition) is 4. The first-order valence-corrected chi connectivity index (χ1v) is 8.35. The Kier molecular flexibility index (Phi) is 6.20. The molecule has 0 spiro atoms. The van der Waals surface area contributed by atoms with Gasteiger partial charge in [0.25, 0.3) is 0 Å². The Bertz CT molecular complexity index is 760. The molecule has 2 aromatic rings. The minimum absolute atomic E-state index is 0.178. The number of nitrogens with zero attached hydrogens (tertiary/aromatic N) is 1. The Morgan fingerprint density at radius 2 is 1.48 bits per heavy atom. The lowest BCUT2D eigenvalue weighted by Crippen LogP contribution is -2.35. The Morgan fingerprint density at radius 3 is 1.87 bits per heavy atom. The fourth-order valence-corrected chi connectivity index (χ4v) is 2.37. The second-order valence-corrected chi connectivity index (χ2v) is 7.34. The second-order valence-electron chi connectivity index (χ2n) is 5.96. The van der Waals surface area contributed by atoms with Crippen molar-refractivity contribution in [3.05, 3.63) is 59.7 Å². The highest BCUT2D eigenvalue weighted by Gasteiger charge is 2.15. The fourth-order valence-electron chi connectivity index (χ4n) is 1.90. The fraction of sp³-hybridized carbons (Fsp3) is 0.235. The molecule has 0 bridgehead atoms. The van der Waals surface area contributed by atoms with Gasteiger partial charge in [0.1, 0.15) is 15.8 Å². The van der Waals surface area contributed by atoms with Crippen LogP contribution in [0.15, 0.2) is 53.4 Å². The Labute approximate surface area is 137 Å². The summed E-state index contributed by atoms with van der Waals surface area (Å²) in [7, 11) is 1.86. The normalized spacial score (nSPS) is 11.3. The first-order valence-electron chi connectivity index (χ1n) is 6.94. The van der Waals surface area contributed by atoms with Gasteiger partial charge in [-0.05, 0) is 31.2 Å². The van der Waals surface area contributed by atoms with Crippen LogP contribution >= 0.6 is 0 Å². The van der Waals surface area contributed by atoms with E-state index in [1.807, 2.05) is 52.3 Å². The lowest BCUT2D eigenvalue weighted by Gasteiger charge is -2.24. The molecule has 124 valence electrons. The maximum atomic E-state index is 10.7. The van der Waals surface area contributed by atoms with Crippen LogP contribution in [-0.4, -0.2) is 40.4 Å². The molecule has 0 aliphatic heterocycles. The Balaban J connectivity index is 0.000000231. The van der Waals surface area contributed by atoms with Gasteiger partial charge in [0.2, 0.25) is 0 Å². The molecule has 0 aliphatic rings. The summed E-state index contributed by atoms with van der Waals surface area (Å²) in [5.41, 5.74) is 2.75. The van der Waals surface area contributed by atoms with Crippen molar-refractivity contribution in [2.45, 2.75) is 11.8 Å². The van der Waals surface area contributed by atoms with Crippen LogP contribution in [0.3, 0.4) is 0 Å². The first kappa shape index (κ1) is 19.0. The molecule has 2 rings (SSSR count). The average Bonchev–Trinajstić information content (AvgIpc) is 2.46. The molecule has 0 amide bonds. The number of carbonyl (C=O) groups is 1. The molecule has 0 saturated heterocycles. The monoisotopic (exact) mass is 335 g/mol. The lowest BCUT2D eigenvalue weighted by atomic mass is 10.1. The highest BCUT2D eigenvalue weighted by Crippen LogP contribution is 2.20. The molecule has 23 heavy (non-hydrogen) atoms. The van der Waals surface area contributed by atoms with Crippen molar-refractivity contribution in [2.75, 3.05) is 21.1 Å². The Hall–Kier alpha value is -2.02. The molecule has 0 unspecified atom stereocenters. The van der Waals surface area contributed by atoms with Crippen molar-refractivity contribution in [1.82, 2.24) is 4.48 Å². The number of para-hydroxylation sites is 1. The van der Waals surface area contributed by atoms with Gasteiger partial charge in [0, 0.05) is 0 Å². The molecule has 6 heteroatoms. The topological polar surface area (TPSA) is 74.3 Å². The molecule has 0 atom stereocenters. The molecule has 0 heterocycles. The third kappa shape index (κ3) is 5.94. The predicted molar refractivity (Wildman–Crippen MR) is 90.5 cm³/mol. The van der Waals surface area contributed by atoms with Crippen LogP contribution in [-0.2, 0) is 10.1 Å². The molecular weight excluding hydrogens is 314 g/mol. The van der Waals surface area contributed by atoms with Crippen LogP contribution in [0.5, 0.6) is 0 Å². The summed E-state index contributed by atoms with van der Waals surface area (Å²) in [6.07, 6.45) is 0.902. The minimum atomic E-state index is -4.27. The molecule has 0 radical (unpaired) electrons. The maximum absolute atomic E-state index is 10.7. The third-order valence-corrected chi connectivity index (χ3v) is 3.95. The zero-order valence-electron chi connectivity index (χ0n) is 13.7. The van der Waals surface area contributed by atoms with Crippen molar-refractivity contribution in [1.29, 1.82) is 0 Å². The summed E-state index contributed by atoms with van der Waals surface area (Å²) in [4.78, 5) is 10.5. The second kappa shape index (κ2) is 7.50. The van der Waals surface area contributed by atoms with Crippen LogP contribution in [0.1, 0.15) is 15.9 Å². The molecule has 2 aromatic carbocycles. The molecule has 0 aliphatic carbocycles. The minimum Gasteiger partial charge on any atom is -0.744 e. The standard InChI is InChI=1S/C10H14NO.C7H8O3S/c1-11(2,3)10-7-5-4-6-9(10)8-12;1-6-2-4-7(5-3-6)11(8,9)10/h4-8H,1-3H3;2-5H,1H3,(H,8,9,10)/q+1;/p-1. The molecule has 0 saturated carbocycles. The van der Waals surface area contributed by atoms with Crippen molar-refractivity contribution in [2.24, 2.45) is 0 Å². The van der Waals surface area contributed by atoms with Crippen LogP contribution in [0.25, 0.3) is 0 Å². The number of aldehydes is 1. The first-order chi connectivity index (χ1) is 10.6. The van der Waals surface area contributed by atoms with Gasteiger partial charge in [0.15, 0.2) is 6.29 Å². The quantitative estimate of drug-likeness (QED) is 0.491. The summed E-state index contributed by atoms with van der Waals surface area (Å²) < 4.78 is 31.8. The van der Waals surface area contributed by atoms with Crippen LogP contribution in [0.4, 0.5) is 5.69 Å². The number of hydrogen-bond donors (Lipinski definition) is 0. The summed E-state index contributed by atoms with van der Waals surface area (Å²) in [6.45, 7) is 1.82. The van der Waals surface area contributed by atoms with E-state index in [1.54, 1.807) is 12.1 Å². The summed E-state index contributed by atoms with van der Waals surface area (Å²) in [5.74, 6) is 0. The van der Waals surface area contributed by atoms with Crippen molar-refractivity contribution in [3.63, 3.8) is 0 Å². The summed E-state index contributed by atoms with van der Waals surface area (Å²) in [6, 6.07) is 13.4. The molecular formula is C17H21NO4S.